The molecule has 1 N–H and O–H groups in total. The maximum atomic E-state index is 4.60. The summed E-state index contributed by atoms with van der Waals surface area (Å²) in [5.74, 6) is 2.07. The third-order valence-corrected chi connectivity index (χ3v) is 4.57. The van der Waals surface area contributed by atoms with Gasteiger partial charge in [0.15, 0.2) is 5.82 Å². The Hall–Kier alpha value is -1.25. The van der Waals surface area contributed by atoms with E-state index in [0.29, 0.717) is 6.04 Å². The van der Waals surface area contributed by atoms with Crippen LogP contribution in [0.4, 0.5) is 11.5 Å². The van der Waals surface area contributed by atoms with E-state index >= 15 is 0 Å². The number of hydrogen-bond donors (Lipinski definition) is 1. The van der Waals surface area contributed by atoms with Gasteiger partial charge in [-0.25, -0.2) is 4.98 Å². The van der Waals surface area contributed by atoms with Gasteiger partial charge in [0.2, 0.25) is 0 Å². The summed E-state index contributed by atoms with van der Waals surface area (Å²) >= 11 is 0. The molecule has 0 radical (unpaired) electrons. The molecule has 104 valence electrons. The molecule has 0 atom stereocenters. The fourth-order valence-corrected chi connectivity index (χ4v) is 3.31. The Labute approximate surface area is 116 Å². The maximum Gasteiger partial charge on any atom is 0.151 e. The second kappa shape index (κ2) is 5.81. The first-order valence-corrected chi connectivity index (χ1v) is 7.79. The number of nitrogens with one attached hydrogen (secondary N) is 1. The van der Waals surface area contributed by atoms with E-state index < -0.39 is 0 Å². The van der Waals surface area contributed by atoms with Crippen molar-refractivity contribution in [3.8, 4) is 0 Å². The van der Waals surface area contributed by atoms with Crippen molar-refractivity contribution in [1.82, 2.24) is 4.98 Å². The third-order valence-electron chi connectivity index (χ3n) is 4.57. The zero-order chi connectivity index (χ0) is 13.1. The van der Waals surface area contributed by atoms with E-state index in [9.17, 15) is 0 Å². The van der Waals surface area contributed by atoms with Crippen LogP contribution in [0.5, 0.6) is 0 Å². The summed E-state index contributed by atoms with van der Waals surface area (Å²) in [4.78, 5) is 7.03. The monoisotopic (exact) mass is 259 g/mol. The Morgan fingerprint density at radius 1 is 1.16 bits per heavy atom. The van der Waals surface area contributed by atoms with Crippen molar-refractivity contribution in [3.63, 3.8) is 0 Å². The lowest BCUT2D eigenvalue weighted by atomic mass is 9.87. The van der Waals surface area contributed by atoms with Crippen molar-refractivity contribution in [3.05, 3.63) is 18.3 Å². The molecule has 2 aliphatic rings. The van der Waals surface area contributed by atoms with Crippen LogP contribution in [-0.4, -0.2) is 24.1 Å². The first kappa shape index (κ1) is 12.8. The fraction of sp³-hybridized carbons (Fsp3) is 0.688. The van der Waals surface area contributed by atoms with Gasteiger partial charge in [-0.15, -0.1) is 0 Å². The molecule has 0 unspecified atom stereocenters. The SMILES string of the molecule is CC1CCC(Nc2cccnc2N2CCCC2)CC1. The van der Waals surface area contributed by atoms with Crippen molar-refractivity contribution in [2.45, 2.75) is 51.5 Å². The Bertz CT molecular complexity index is 404. The van der Waals surface area contributed by atoms with Crippen LogP contribution in [-0.2, 0) is 0 Å². The predicted molar refractivity (Wildman–Crippen MR) is 80.7 cm³/mol. The quantitative estimate of drug-likeness (QED) is 0.897. The molecule has 3 rings (SSSR count). The van der Waals surface area contributed by atoms with Crippen LogP contribution in [0.3, 0.4) is 0 Å². The molecule has 1 aromatic heterocycles. The van der Waals surface area contributed by atoms with Gasteiger partial charge in [-0.2, -0.15) is 0 Å². The molecule has 3 heteroatoms. The van der Waals surface area contributed by atoms with Gasteiger partial charge in [0, 0.05) is 25.3 Å². The van der Waals surface area contributed by atoms with E-state index in [4.69, 9.17) is 0 Å². The van der Waals surface area contributed by atoms with Crippen molar-refractivity contribution in [2.75, 3.05) is 23.3 Å². The maximum absolute atomic E-state index is 4.60. The van der Waals surface area contributed by atoms with E-state index in [2.05, 4.69) is 28.2 Å². The van der Waals surface area contributed by atoms with Crippen LogP contribution in [0.1, 0.15) is 45.4 Å². The smallest absolute Gasteiger partial charge is 0.151 e. The number of anilines is 2. The molecule has 1 saturated carbocycles. The second-order valence-corrected chi connectivity index (χ2v) is 6.17. The Kier molecular flexibility index (Phi) is 3.90. The fourth-order valence-electron chi connectivity index (χ4n) is 3.31. The average molecular weight is 259 g/mol. The summed E-state index contributed by atoms with van der Waals surface area (Å²) in [5, 5.41) is 3.74. The molecule has 1 aliphatic carbocycles. The first-order valence-electron chi connectivity index (χ1n) is 7.79. The second-order valence-electron chi connectivity index (χ2n) is 6.17. The minimum absolute atomic E-state index is 0.641. The Morgan fingerprint density at radius 3 is 2.63 bits per heavy atom. The van der Waals surface area contributed by atoms with E-state index in [-0.39, 0.29) is 0 Å². The zero-order valence-electron chi connectivity index (χ0n) is 11.9. The van der Waals surface area contributed by atoms with Gasteiger partial charge in [0.05, 0.1) is 5.69 Å². The van der Waals surface area contributed by atoms with Crippen LogP contribution < -0.4 is 10.2 Å². The van der Waals surface area contributed by atoms with Crippen molar-refractivity contribution in [2.24, 2.45) is 5.92 Å². The number of rotatable bonds is 3. The number of pyridine rings is 1. The summed E-state index contributed by atoms with van der Waals surface area (Å²) in [6.45, 7) is 4.69. The van der Waals surface area contributed by atoms with Crippen LogP contribution in [0.2, 0.25) is 0 Å². The first-order chi connectivity index (χ1) is 9.33. The molecule has 1 aliphatic heterocycles. The number of hydrogen-bond acceptors (Lipinski definition) is 3. The van der Waals surface area contributed by atoms with E-state index in [1.165, 1.54) is 50.0 Å². The molecule has 0 amide bonds. The molecule has 0 aromatic carbocycles. The zero-order valence-corrected chi connectivity index (χ0v) is 11.9. The summed E-state index contributed by atoms with van der Waals surface area (Å²) in [6.07, 6.45) is 9.84. The average Bonchev–Trinajstić information content (AvgIpc) is 2.96. The summed E-state index contributed by atoms with van der Waals surface area (Å²) in [6, 6.07) is 4.88. The van der Waals surface area contributed by atoms with Gasteiger partial charge < -0.3 is 10.2 Å². The minimum atomic E-state index is 0.641. The van der Waals surface area contributed by atoms with Gasteiger partial charge in [-0.05, 0) is 56.6 Å². The molecule has 1 saturated heterocycles. The van der Waals surface area contributed by atoms with Crippen LogP contribution >= 0.6 is 0 Å². The third kappa shape index (κ3) is 3.02. The molecule has 1 aromatic rings. The topological polar surface area (TPSA) is 28.2 Å². The molecule has 0 bridgehead atoms. The lowest BCUT2D eigenvalue weighted by Gasteiger charge is -2.29. The van der Waals surface area contributed by atoms with Crippen LogP contribution in [0.15, 0.2) is 18.3 Å². The summed E-state index contributed by atoms with van der Waals surface area (Å²) < 4.78 is 0. The molecule has 0 spiro atoms. The number of aromatic nitrogens is 1. The van der Waals surface area contributed by atoms with Crippen molar-refractivity contribution in [1.29, 1.82) is 0 Å². The van der Waals surface area contributed by atoms with Crippen LogP contribution in [0.25, 0.3) is 0 Å². The lowest BCUT2D eigenvalue weighted by molar-refractivity contribution is 0.361. The highest BCUT2D eigenvalue weighted by molar-refractivity contribution is 5.66. The molecule has 19 heavy (non-hydrogen) atoms. The van der Waals surface area contributed by atoms with Gasteiger partial charge in [-0.1, -0.05) is 6.92 Å². The van der Waals surface area contributed by atoms with Gasteiger partial charge in [-0.3, -0.25) is 0 Å². The highest BCUT2D eigenvalue weighted by Crippen LogP contribution is 2.30. The largest absolute Gasteiger partial charge is 0.379 e. The molecular formula is C16H25N3. The molecule has 2 fully saturated rings. The van der Waals surface area contributed by atoms with Crippen molar-refractivity contribution >= 4 is 11.5 Å². The minimum Gasteiger partial charge on any atom is -0.379 e. The highest BCUT2D eigenvalue weighted by Gasteiger charge is 2.21. The number of nitrogens with zero attached hydrogens (tertiary/aromatic N) is 2. The van der Waals surface area contributed by atoms with Crippen LogP contribution in [0, 0.1) is 5.92 Å². The predicted octanol–water partition coefficient (Wildman–Crippen LogP) is 3.67. The molecule has 3 nitrogen and oxygen atoms in total. The van der Waals surface area contributed by atoms with Gasteiger partial charge in [0.1, 0.15) is 0 Å². The van der Waals surface area contributed by atoms with E-state index in [1.54, 1.807) is 0 Å². The standard InChI is InChI=1S/C16H25N3/c1-13-6-8-14(9-7-13)18-15-5-4-10-17-16(15)19-11-2-3-12-19/h4-5,10,13-14,18H,2-3,6-9,11-12H2,1H3. The highest BCUT2D eigenvalue weighted by atomic mass is 15.2. The van der Waals surface area contributed by atoms with Crippen molar-refractivity contribution < 1.29 is 0 Å². The van der Waals surface area contributed by atoms with Gasteiger partial charge in [0.25, 0.3) is 0 Å². The van der Waals surface area contributed by atoms with Gasteiger partial charge >= 0.3 is 0 Å². The normalized spacial score (nSPS) is 27.5. The molecular weight excluding hydrogens is 234 g/mol. The lowest BCUT2D eigenvalue weighted by Crippen LogP contribution is -2.27. The van der Waals surface area contributed by atoms with E-state index in [1.807, 2.05) is 12.3 Å². The molecule has 2 heterocycles. The summed E-state index contributed by atoms with van der Waals surface area (Å²) in [5.41, 5.74) is 1.24. The van der Waals surface area contributed by atoms with E-state index in [0.717, 1.165) is 19.0 Å². The Balaban J connectivity index is 1.69. The summed E-state index contributed by atoms with van der Waals surface area (Å²) in [7, 11) is 0. The Morgan fingerprint density at radius 2 is 1.89 bits per heavy atom.